The van der Waals surface area contributed by atoms with Gasteiger partial charge in [0.05, 0.1) is 5.69 Å². The summed E-state index contributed by atoms with van der Waals surface area (Å²) >= 11 is 1.42. The molecule has 3 aromatic rings. The zero-order chi connectivity index (χ0) is 17.1. The smallest absolute Gasteiger partial charge is 0.259 e. The van der Waals surface area contributed by atoms with Crippen molar-refractivity contribution in [1.29, 1.82) is 0 Å². The number of nitrogens with one attached hydrogen (secondary N) is 1. The maximum atomic E-state index is 12.1. The Kier molecular flexibility index (Phi) is 4.61. The highest BCUT2D eigenvalue weighted by atomic mass is 32.1. The van der Waals surface area contributed by atoms with Crippen LogP contribution in [0.25, 0.3) is 4.96 Å². The Morgan fingerprint density at radius 2 is 2.21 bits per heavy atom. The zero-order valence-corrected chi connectivity index (χ0v) is 14.2. The van der Waals surface area contributed by atoms with Gasteiger partial charge in [0, 0.05) is 35.3 Å². The van der Waals surface area contributed by atoms with E-state index in [0.29, 0.717) is 28.5 Å². The summed E-state index contributed by atoms with van der Waals surface area (Å²) in [4.78, 5) is 28.7. The van der Waals surface area contributed by atoms with Crippen molar-refractivity contribution in [2.45, 2.75) is 26.9 Å². The monoisotopic (exact) mass is 343 g/mol. The maximum Gasteiger partial charge on any atom is 0.259 e. The summed E-state index contributed by atoms with van der Waals surface area (Å²) in [5, 5.41) is 4.68. The van der Waals surface area contributed by atoms with Gasteiger partial charge < -0.3 is 10.1 Å². The second kappa shape index (κ2) is 6.84. The van der Waals surface area contributed by atoms with Crippen molar-refractivity contribution < 1.29 is 9.53 Å². The third kappa shape index (κ3) is 3.46. The van der Waals surface area contributed by atoms with Crippen LogP contribution in [0.15, 0.2) is 40.5 Å². The van der Waals surface area contributed by atoms with Gasteiger partial charge in [0.1, 0.15) is 12.4 Å². The number of rotatable bonds is 5. The van der Waals surface area contributed by atoms with Gasteiger partial charge in [0.25, 0.3) is 5.56 Å². The van der Waals surface area contributed by atoms with Crippen molar-refractivity contribution >= 4 is 27.9 Å². The molecule has 0 radical (unpaired) electrons. The van der Waals surface area contributed by atoms with Crippen LogP contribution in [0, 0.1) is 6.92 Å². The lowest BCUT2D eigenvalue weighted by Crippen LogP contribution is -2.16. The highest BCUT2D eigenvalue weighted by molar-refractivity contribution is 7.15. The molecule has 0 saturated carbocycles. The molecule has 1 N–H and O–H groups in total. The molecule has 24 heavy (non-hydrogen) atoms. The van der Waals surface area contributed by atoms with E-state index < -0.39 is 0 Å². The SMILES string of the molecule is CCC(=O)Nc1cccc(OCc2cc(=O)n3c(C)csc3n2)c1. The van der Waals surface area contributed by atoms with E-state index in [4.69, 9.17) is 4.74 Å². The van der Waals surface area contributed by atoms with Gasteiger partial charge >= 0.3 is 0 Å². The molecule has 0 saturated heterocycles. The van der Waals surface area contributed by atoms with Gasteiger partial charge in [0.15, 0.2) is 4.96 Å². The second-order valence-electron chi connectivity index (χ2n) is 5.30. The summed E-state index contributed by atoms with van der Waals surface area (Å²) in [5.74, 6) is 0.550. The van der Waals surface area contributed by atoms with Crippen LogP contribution in [0.2, 0.25) is 0 Å². The topological polar surface area (TPSA) is 72.7 Å². The van der Waals surface area contributed by atoms with Gasteiger partial charge in [-0.25, -0.2) is 4.98 Å². The number of carbonyl (C=O) groups is 1. The molecule has 2 heterocycles. The fourth-order valence-electron chi connectivity index (χ4n) is 2.25. The molecule has 0 fully saturated rings. The molecular weight excluding hydrogens is 326 g/mol. The number of carbonyl (C=O) groups excluding carboxylic acids is 1. The molecular formula is C17H17N3O3S. The van der Waals surface area contributed by atoms with Gasteiger partial charge in [-0.1, -0.05) is 13.0 Å². The number of benzene rings is 1. The molecule has 0 unspecified atom stereocenters. The normalized spacial score (nSPS) is 10.8. The fourth-order valence-corrected chi connectivity index (χ4v) is 3.14. The van der Waals surface area contributed by atoms with Crippen LogP contribution in [-0.4, -0.2) is 15.3 Å². The Morgan fingerprint density at radius 1 is 1.38 bits per heavy atom. The first-order chi connectivity index (χ1) is 11.6. The highest BCUT2D eigenvalue weighted by Gasteiger charge is 2.07. The van der Waals surface area contributed by atoms with E-state index in [2.05, 4.69) is 10.3 Å². The van der Waals surface area contributed by atoms with Crippen molar-refractivity contribution in [3.63, 3.8) is 0 Å². The number of anilines is 1. The fraction of sp³-hybridized carbons (Fsp3) is 0.235. The number of aryl methyl sites for hydroxylation is 1. The molecule has 6 nitrogen and oxygen atoms in total. The third-order valence-electron chi connectivity index (χ3n) is 3.45. The molecule has 7 heteroatoms. The first-order valence-electron chi connectivity index (χ1n) is 7.56. The van der Waals surface area contributed by atoms with E-state index in [0.717, 1.165) is 5.69 Å². The molecule has 0 spiro atoms. The van der Waals surface area contributed by atoms with Crippen molar-refractivity contribution in [3.8, 4) is 5.75 Å². The minimum absolute atomic E-state index is 0.0552. The molecule has 0 aliphatic heterocycles. The van der Waals surface area contributed by atoms with Gasteiger partial charge in [-0.2, -0.15) is 0 Å². The van der Waals surface area contributed by atoms with E-state index in [9.17, 15) is 9.59 Å². The number of hydrogen-bond donors (Lipinski definition) is 1. The minimum atomic E-state index is -0.110. The van der Waals surface area contributed by atoms with Crippen molar-refractivity contribution in [3.05, 3.63) is 57.5 Å². The van der Waals surface area contributed by atoms with Crippen molar-refractivity contribution in [1.82, 2.24) is 9.38 Å². The van der Waals surface area contributed by atoms with Crippen LogP contribution >= 0.6 is 11.3 Å². The maximum absolute atomic E-state index is 12.1. The molecule has 3 rings (SSSR count). The van der Waals surface area contributed by atoms with Gasteiger partial charge in [0.2, 0.25) is 5.91 Å². The van der Waals surface area contributed by atoms with Crippen LogP contribution in [0.5, 0.6) is 5.75 Å². The average Bonchev–Trinajstić information content (AvgIpc) is 2.95. The molecule has 0 aliphatic carbocycles. The summed E-state index contributed by atoms with van der Waals surface area (Å²) < 4.78 is 7.28. The molecule has 124 valence electrons. The number of ether oxygens (including phenoxy) is 1. The Bertz CT molecular complexity index is 946. The van der Waals surface area contributed by atoms with E-state index in [-0.39, 0.29) is 18.1 Å². The molecule has 1 amide bonds. The number of amides is 1. The van der Waals surface area contributed by atoms with Crippen molar-refractivity contribution in [2.75, 3.05) is 5.32 Å². The lowest BCUT2D eigenvalue weighted by Gasteiger charge is -2.08. The minimum Gasteiger partial charge on any atom is -0.487 e. The first kappa shape index (κ1) is 16.2. The number of aromatic nitrogens is 2. The quantitative estimate of drug-likeness (QED) is 0.773. The van der Waals surface area contributed by atoms with Crippen LogP contribution in [0.3, 0.4) is 0 Å². The number of nitrogens with zero attached hydrogens (tertiary/aromatic N) is 2. The van der Waals surface area contributed by atoms with E-state index in [1.165, 1.54) is 17.4 Å². The Balaban J connectivity index is 1.75. The predicted molar refractivity (Wildman–Crippen MR) is 93.8 cm³/mol. The lowest BCUT2D eigenvalue weighted by molar-refractivity contribution is -0.115. The van der Waals surface area contributed by atoms with Gasteiger partial charge in [-0.05, 0) is 19.1 Å². The zero-order valence-electron chi connectivity index (χ0n) is 13.4. The number of thiazole rings is 1. The standard InChI is InChI=1S/C17H17N3O3S/c1-3-15(21)18-12-5-4-6-14(7-12)23-9-13-8-16(22)20-11(2)10-24-17(20)19-13/h4-8,10H,3,9H2,1-2H3,(H,18,21). The Hall–Kier alpha value is -2.67. The summed E-state index contributed by atoms with van der Waals surface area (Å²) in [6, 6.07) is 8.62. The van der Waals surface area contributed by atoms with Crippen LogP contribution in [-0.2, 0) is 11.4 Å². The lowest BCUT2D eigenvalue weighted by atomic mass is 10.3. The predicted octanol–water partition coefficient (Wildman–Crippen LogP) is 2.99. The van der Waals surface area contributed by atoms with E-state index >= 15 is 0 Å². The van der Waals surface area contributed by atoms with Gasteiger partial charge in [-0.15, -0.1) is 11.3 Å². The van der Waals surface area contributed by atoms with Crippen LogP contribution < -0.4 is 15.6 Å². The molecule has 0 atom stereocenters. The highest BCUT2D eigenvalue weighted by Crippen LogP contribution is 2.19. The molecule has 1 aromatic carbocycles. The number of fused-ring (bicyclic) bond motifs is 1. The number of hydrogen-bond acceptors (Lipinski definition) is 5. The second-order valence-corrected chi connectivity index (χ2v) is 6.14. The van der Waals surface area contributed by atoms with Crippen LogP contribution in [0.1, 0.15) is 24.7 Å². The molecule has 0 aliphatic rings. The van der Waals surface area contributed by atoms with Crippen LogP contribution in [0.4, 0.5) is 5.69 Å². The van der Waals surface area contributed by atoms with E-state index in [1.54, 1.807) is 35.6 Å². The first-order valence-corrected chi connectivity index (χ1v) is 8.44. The summed E-state index contributed by atoms with van der Waals surface area (Å²) in [6.07, 6.45) is 0.416. The summed E-state index contributed by atoms with van der Waals surface area (Å²) in [5.41, 5.74) is 2.02. The van der Waals surface area contributed by atoms with Crippen molar-refractivity contribution in [2.24, 2.45) is 0 Å². The third-order valence-corrected chi connectivity index (χ3v) is 4.40. The summed E-state index contributed by atoms with van der Waals surface area (Å²) in [6.45, 7) is 3.86. The average molecular weight is 343 g/mol. The summed E-state index contributed by atoms with van der Waals surface area (Å²) in [7, 11) is 0. The van der Waals surface area contributed by atoms with Gasteiger partial charge in [-0.3, -0.25) is 14.0 Å². The Labute approximate surface area is 142 Å². The molecule has 2 aromatic heterocycles. The Morgan fingerprint density at radius 3 is 3.00 bits per heavy atom. The largest absolute Gasteiger partial charge is 0.487 e. The van der Waals surface area contributed by atoms with E-state index in [1.807, 2.05) is 12.3 Å². The molecule has 0 bridgehead atoms.